The van der Waals surface area contributed by atoms with Gasteiger partial charge in [0.2, 0.25) is 0 Å². The van der Waals surface area contributed by atoms with Crippen LogP contribution in [0.5, 0.6) is 0 Å². The van der Waals surface area contributed by atoms with Crippen LogP contribution in [-0.4, -0.2) is 28.5 Å². The predicted octanol–water partition coefficient (Wildman–Crippen LogP) is 1.56. The van der Waals surface area contributed by atoms with E-state index in [0.717, 1.165) is 6.07 Å². The molecule has 0 radical (unpaired) electrons. The Morgan fingerprint density at radius 1 is 1.39 bits per heavy atom. The number of amides is 1. The van der Waals surface area contributed by atoms with Crippen molar-refractivity contribution in [2.24, 2.45) is 0 Å². The van der Waals surface area contributed by atoms with Crippen LogP contribution in [-0.2, 0) is 4.79 Å². The third kappa shape index (κ3) is 4.13. The molecule has 0 aliphatic carbocycles. The van der Waals surface area contributed by atoms with Gasteiger partial charge in [0.05, 0.1) is 11.3 Å². The van der Waals surface area contributed by atoms with Gasteiger partial charge in [0.15, 0.2) is 0 Å². The topological polar surface area (TPSA) is 110 Å². The number of carbonyl (C=O) groups excluding carboxylic acids is 1. The fourth-order valence-electron chi connectivity index (χ4n) is 1.20. The molecule has 8 heteroatoms. The molecule has 1 amide bonds. The molecule has 1 aromatic rings. The molecular formula is C10H9BrN2O5. The van der Waals surface area contributed by atoms with Crippen LogP contribution in [0.2, 0.25) is 0 Å². The second-order valence-electron chi connectivity index (χ2n) is 3.35. The van der Waals surface area contributed by atoms with Crippen molar-refractivity contribution in [3.63, 3.8) is 0 Å². The molecule has 0 bridgehead atoms. The number of hydrogen-bond acceptors (Lipinski definition) is 4. The molecule has 0 atom stereocenters. The minimum absolute atomic E-state index is 0.0333. The first kappa shape index (κ1) is 14.1. The van der Waals surface area contributed by atoms with Crippen LogP contribution < -0.4 is 5.32 Å². The van der Waals surface area contributed by atoms with Crippen molar-refractivity contribution in [1.82, 2.24) is 5.32 Å². The quantitative estimate of drug-likeness (QED) is 0.632. The zero-order valence-corrected chi connectivity index (χ0v) is 10.6. The van der Waals surface area contributed by atoms with Crippen LogP contribution >= 0.6 is 15.9 Å². The van der Waals surface area contributed by atoms with Crippen molar-refractivity contribution in [3.8, 4) is 0 Å². The monoisotopic (exact) mass is 316 g/mol. The molecule has 0 heterocycles. The minimum Gasteiger partial charge on any atom is -0.481 e. The number of rotatable bonds is 5. The van der Waals surface area contributed by atoms with E-state index in [2.05, 4.69) is 21.2 Å². The summed E-state index contributed by atoms with van der Waals surface area (Å²) in [6.45, 7) is -0.0333. The number of non-ortho nitro benzene ring substituents is 1. The largest absolute Gasteiger partial charge is 0.481 e. The summed E-state index contributed by atoms with van der Waals surface area (Å²) in [6.07, 6.45) is -0.207. The number of nitro benzene ring substituents is 1. The highest BCUT2D eigenvalue weighted by Gasteiger charge is 2.13. The summed E-state index contributed by atoms with van der Waals surface area (Å²) in [6, 6.07) is 3.82. The van der Waals surface area contributed by atoms with Crippen molar-refractivity contribution in [2.45, 2.75) is 6.42 Å². The Hall–Kier alpha value is -1.96. The Balaban J connectivity index is 2.79. The summed E-state index contributed by atoms with van der Waals surface area (Å²) < 4.78 is 0.403. The van der Waals surface area contributed by atoms with Gasteiger partial charge in [0.1, 0.15) is 0 Å². The van der Waals surface area contributed by atoms with E-state index in [4.69, 9.17) is 5.11 Å². The van der Waals surface area contributed by atoms with E-state index in [-0.39, 0.29) is 24.2 Å². The zero-order chi connectivity index (χ0) is 13.7. The maximum absolute atomic E-state index is 11.6. The Bertz CT molecular complexity index is 503. The SMILES string of the molecule is O=C(O)CCNC(=O)c1cc(Br)cc([N+](=O)[O-])c1. The maximum atomic E-state index is 11.6. The number of nitrogens with one attached hydrogen (secondary N) is 1. The predicted molar refractivity (Wildman–Crippen MR) is 65.4 cm³/mol. The molecule has 0 saturated carbocycles. The van der Waals surface area contributed by atoms with Gasteiger partial charge in [0, 0.05) is 28.7 Å². The van der Waals surface area contributed by atoms with E-state index in [0.29, 0.717) is 4.47 Å². The minimum atomic E-state index is -1.03. The lowest BCUT2D eigenvalue weighted by atomic mass is 10.2. The average molecular weight is 317 g/mol. The number of halogens is 1. The second kappa shape index (κ2) is 6.10. The first-order chi connectivity index (χ1) is 8.40. The Morgan fingerprint density at radius 2 is 2.06 bits per heavy atom. The number of hydrogen-bond donors (Lipinski definition) is 2. The summed E-state index contributed by atoms with van der Waals surface area (Å²) in [7, 11) is 0. The summed E-state index contributed by atoms with van der Waals surface area (Å²) in [5.74, 6) is -1.59. The highest BCUT2D eigenvalue weighted by molar-refractivity contribution is 9.10. The van der Waals surface area contributed by atoms with Crippen LogP contribution in [0.3, 0.4) is 0 Å². The standard InChI is InChI=1S/C10H9BrN2O5/c11-7-3-6(4-8(5-7)13(17)18)10(16)12-2-1-9(14)15/h3-5H,1-2H2,(H,12,16)(H,14,15). The Morgan fingerprint density at radius 3 is 2.61 bits per heavy atom. The van der Waals surface area contributed by atoms with Crippen LogP contribution in [0.25, 0.3) is 0 Å². The van der Waals surface area contributed by atoms with E-state index >= 15 is 0 Å². The fraction of sp³-hybridized carbons (Fsp3) is 0.200. The van der Waals surface area contributed by atoms with Gasteiger partial charge in [-0.15, -0.1) is 0 Å². The summed E-state index contributed by atoms with van der Waals surface area (Å²) >= 11 is 3.06. The number of nitrogens with zero attached hydrogens (tertiary/aromatic N) is 1. The van der Waals surface area contributed by atoms with Crippen LogP contribution in [0.15, 0.2) is 22.7 Å². The highest BCUT2D eigenvalue weighted by Crippen LogP contribution is 2.21. The molecule has 0 aliphatic heterocycles. The van der Waals surface area contributed by atoms with Crippen LogP contribution in [0, 0.1) is 10.1 Å². The maximum Gasteiger partial charge on any atom is 0.305 e. The molecule has 0 spiro atoms. The van der Waals surface area contributed by atoms with Crippen molar-refractivity contribution in [3.05, 3.63) is 38.3 Å². The van der Waals surface area contributed by atoms with E-state index in [1.807, 2.05) is 0 Å². The Kier molecular flexibility index (Phi) is 4.78. The number of carbonyl (C=O) groups is 2. The van der Waals surface area contributed by atoms with Crippen molar-refractivity contribution in [1.29, 1.82) is 0 Å². The van der Waals surface area contributed by atoms with Gasteiger partial charge in [-0.1, -0.05) is 15.9 Å². The van der Waals surface area contributed by atoms with E-state index in [1.54, 1.807) is 0 Å². The van der Waals surface area contributed by atoms with Crippen molar-refractivity contribution >= 4 is 33.5 Å². The fourth-order valence-corrected chi connectivity index (χ4v) is 1.68. The molecule has 0 unspecified atom stereocenters. The highest BCUT2D eigenvalue weighted by atomic mass is 79.9. The number of carboxylic acid groups (broad SMARTS) is 1. The van der Waals surface area contributed by atoms with Crippen molar-refractivity contribution < 1.29 is 19.6 Å². The first-order valence-corrected chi connectivity index (χ1v) is 5.64. The average Bonchev–Trinajstić information content (AvgIpc) is 2.27. The van der Waals surface area contributed by atoms with E-state index in [1.165, 1.54) is 12.1 Å². The normalized spacial score (nSPS) is 9.83. The number of aliphatic carboxylic acids is 1. The van der Waals surface area contributed by atoms with Gasteiger partial charge in [0.25, 0.3) is 11.6 Å². The molecule has 0 aliphatic rings. The number of nitro groups is 1. The molecule has 0 fully saturated rings. The van der Waals surface area contributed by atoms with Gasteiger partial charge in [-0.05, 0) is 6.07 Å². The van der Waals surface area contributed by atoms with E-state index in [9.17, 15) is 19.7 Å². The number of benzene rings is 1. The molecule has 2 N–H and O–H groups in total. The summed E-state index contributed by atoms with van der Waals surface area (Å²) in [5, 5.41) is 21.4. The molecule has 0 saturated heterocycles. The lowest BCUT2D eigenvalue weighted by Gasteiger charge is -2.04. The van der Waals surface area contributed by atoms with Gasteiger partial charge < -0.3 is 10.4 Å². The van der Waals surface area contributed by atoms with Crippen LogP contribution in [0.4, 0.5) is 5.69 Å². The smallest absolute Gasteiger partial charge is 0.305 e. The lowest BCUT2D eigenvalue weighted by Crippen LogP contribution is -2.26. The van der Waals surface area contributed by atoms with Gasteiger partial charge in [-0.25, -0.2) is 0 Å². The van der Waals surface area contributed by atoms with Crippen molar-refractivity contribution in [2.75, 3.05) is 6.54 Å². The summed E-state index contributed by atoms with van der Waals surface area (Å²) in [5.41, 5.74) is -0.116. The molecule has 1 aromatic carbocycles. The third-order valence-corrected chi connectivity index (χ3v) is 2.44. The Labute approximate surface area is 110 Å². The first-order valence-electron chi connectivity index (χ1n) is 4.85. The summed E-state index contributed by atoms with van der Waals surface area (Å²) in [4.78, 5) is 31.9. The third-order valence-electron chi connectivity index (χ3n) is 1.98. The number of carboxylic acids is 1. The molecule has 7 nitrogen and oxygen atoms in total. The molecule has 0 aromatic heterocycles. The van der Waals surface area contributed by atoms with E-state index < -0.39 is 16.8 Å². The molecule has 96 valence electrons. The molecule has 18 heavy (non-hydrogen) atoms. The van der Waals surface area contributed by atoms with Gasteiger partial charge >= 0.3 is 5.97 Å². The van der Waals surface area contributed by atoms with Gasteiger partial charge in [-0.2, -0.15) is 0 Å². The molecular weight excluding hydrogens is 308 g/mol. The second-order valence-corrected chi connectivity index (χ2v) is 4.27. The van der Waals surface area contributed by atoms with Gasteiger partial charge in [-0.3, -0.25) is 19.7 Å². The zero-order valence-electron chi connectivity index (χ0n) is 9.05. The van der Waals surface area contributed by atoms with Crippen LogP contribution in [0.1, 0.15) is 16.8 Å². The molecule has 1 rings (SSSR count). The lowest BCUT2D eigenvalue weighted by molar-refractivity contribution is -0.385.